The number of ether oxygens (including phenoxy) is 1. The number of hydrogen-bond donors (Lipinski definition) is 3. The number of methoxy groups -OCH3 is 1. The molecule has 13 heavy (non-hydrogen) atoms. The topological polar surface area (TPSA) is 78.8 Å². The summed E-state index contributed by atoms with van der Waals surface area (Å²) in [6, 6.07) is 0. The van der Waals surface area contributed by atoms with Gasteiger partial charge in [0, 0.05) is 6.54 Å². The fourth-order valence-corrected chi connectivity index (χ4v) is 1.26. The zero-order valence-corrected chi connectivity index (χ0v) is 8.13. The summed E-state index contributed by atoms with van der Waals surface area (Å²) in [5, 5.41) is 21.8. The highest BCUT2D eigenvalue weighted by molar-refractivity contribution is 5.85. The van der Waals surface area contributed by atoms with Crippen LogP contribution in [0.3, 0.4) is 0 Å². The average Bonchev–Trinajstić information content (AvgIpc) is 2.09. The Bertz CT molecular complexity index is 189. The van der Waals surface area contributed by atoms with Crippen LogP contribution in [0.4, 0.5) is 0 Å². The number of esters is 1. The van der Waals surface area contributed by atoms with Gasteiger partial charge in [-0.05, 0) is 13.0 Å². The Morgan fingerprint density at radius 3 is 2.77 bits per heavy atom. The molecule has 0 aromatic rings. The molecule has 0 radical (unpaired) electrons. The lowest BCUT2D eigenvalue weighted by Crippen LogP contribution is -2.60. The molecule has 0 aliphatic carbocycles. The van der Waals surface area contributed by atoms with Crippen LogP contribution in [0.25, 0.3) is 0 Å². The first-order valence-corrected chi connectivity index (χ1v) is 3.81. The molecule has 2 atom stereocenters. The van der Waals surface area contributed by atoms with Crippen LogP contribution in [0.1, 0.15) is 6.42 Å². The minimum atomic E-state index is -1.77. The van der Waals surface area contributed by atoms with Crippen LogP contribution in [0, 0.1) is 0 Å². The molecule has 0 spiro atoms. The van der Waals surface area contributed by atoms with E-state index in [2.05, 4.69) is 10.1 Å². The summed E-state index contributed by atoms with van der Waals surface area (Å²) >= 11 is 0. The van der Waals surface area contributed by atoms with Gasteiger partial charge in [-0.2, -0.15) is 0 Å². The van der Waals surface area contributed by atoms with Crippen molar-refractivity contribution in [2.75, 3.05) is 20.2 Å². The second-order valence-corrected chi connectivity index (χ2v) is 2.90. The number of carbonyl (C=O) groups excluding carboxylic acids is 1. The van der Waals surface area contributed by atoms with Crippen molar-refractivity contribution in [2.24, 2.45) is 0 Å². The Morgan fingerprint density at radius 1 is 1.69 bits per heavy atom. The van der Waals surface area contributed by atoms with Crippen LogP contribution in [-0.2, 0) is 9.53 Å². The first-order valence-electron chi connectivity index (χ1n) is 3.81. The number of aliphatic hydroxyl groups excluding tert-OH is 1. The third kappa shape index (κ3) is 2.31. The smallest absolute Gasteiger partial charge is 0.341 e. The first-order chi connectivity index (χ1) is 5.61. The second kappa shape index (κ2) is 4.76. The van der Waals surface area contributed by atoms with E-state index in [0.717, 1.165) is 0 Å². The zero-order chi connectivity index (χ0) is 9.19. The fourth-order valence-electron chi connectivity index (χ4n) is 1.26. The Labute approximate surface area is 82.5 Å². The van der Waals surface area contributed by atoms with Gasteiger partial charge < -0.3 is 20.3 Å². The third-order valence-electron chi connectivity index (χ3n) is 2.08. The molecule has 6 heteroatoms. The molecule has 1 heterocycles. The summed E-state index contributed by atoms with van der Waals surface area (Å²) in [6.45, 7) is 0.640. The summed E-state index contributed by atoms with van der Waals surface area (Å²) in [6.07, 6.45) is -0.683. The molecule has 0 aromatic heterocycles. The fraction of sp³-hybridized carbons (Fsp3) is 0.857. The lowest BCUT2D eigenvalue weighted by atomic mass is 9.91. The minimum Gasteiger partial charge on any atom is -0.467 e. The Balaban J connectivity index is 0.00000144. The van der Waals surface area contributed by atoms with E-state index in [0.29, 0.717) is 13.0 Å². The number of β-amino-alcohol motifs (C(OH)–C–C–N with tert-alkyl or cyclic N) is 1. The van der Waals surface area contributed by atoms with Gasteiger partial charge in [-0.1, -0.05) is 0 Å². The molecule has 0 amide bonds. The van der Waals surface area contributed by atoms with Crippen LogP contribution in [-0.4, -0.2) is 48.1 Å². The predicted octanol–water partition coefficient (Wildman–Crippen LogP) is -1.33. The summed E-state index contributed by atoms with van der Waals surface area (Å²) in [5.74, 6) is -0.790. The van der Waals surface area contributed by atoms with Gasteiger partial charge in [0.05, 0.1) is 13.2 Å². The summed E-state index contributed by atoms with van der Waals surface area (Å²) in [7, 11) is 1.18. The Kier molecular flexibility index (Phi) is 4.63. The number of rotatable bonds is 1. The van der Waals surface area contributed by atoms with Gasteiger partial charge in [0.25, 0.3) is 0 Å². The largest absolute Gasteiger partial charge is 0.467 e. The molecule has 0 aromatic carbocycles. The molecule has 0 saturated carbocycles. The van der Waals surface area contributed by atoms with E-state index < -0.39 is 17.7 Å². The number of halogens is 1. The highest BCUT2D eigenvalue weighted by Gasteiger charge is 2.45. The van der Waals surface area contributed by atoms with Crippen LogP contribution in [0.5, 0.6) is 0 Å². The molecule has 0 unspecified atom stereocenters. The lowest BCUT2D eigenvalue weighted by molar-refractivity contribution is -0.177. The zero-order valence-electron chi connectivity index (χ0n) is 7.32. The maximum Gasteiger partial charge on any atom is 0.341 e. The molecule has 1 aliphatic rings. The third-order valence-corrected chi connectivity index (χ3v) is 2.08. The van der Waals surface area contributed by atoms with Crippen molar-refractivity contribution in [1.29, 1.82) is 0 Å². The molecule has 78 valence electrons. The summed E-state index contributed by atoms with van der Waals surface area (Å²) in [4.78, 5) is 11.0. The van der Waals surface area contributed by atoms with Crippen LogP contribution in [0.15, 0.2) is 0 Å². The number of nitrogens with one attached hydrogen (secondary N) is 1. The van der Waals surface area contributed by atoms with Crippen LogP contribution in [0.2, 0.25) is 0 Å². The Hall–Kier alpha value is -0.360. The maximum atomic E-state index is 11.0. The number of carbonyl (C=O) groups is 1. The van der Waals surface area contributed by atoms with Gasteiger partial charge in [-0.25, -0.2) is 4.79 Å². The van der Waals surface area contributed by atoms with Crippen molar-refractivity contribution >= 4 is 18.4 Å². The highest BCUT2D eigenvalue weighted by Crippen LogP contribution is 2.17. The molecule has 1 aliphatic heterocycles. The Morgan fingerprint density at radius 2 is 2.31 bits per heavy atom. The minimum absolute atomic E-state index is 0. The molecule has 5 nitrogen and oxygen atoms in total. The molecular weight excluding hydrogens is 198 g/mol. The van der Waals surface area contributed by atoms with Crippen LogP contribution >= 0.6 is 12.4 Å². The van der Waals surface area contributed by atoms with Gasteiger partial charge >= 0.3 is 5.97 Å². The van der Waals surface area contributed by atoms with Crippen molar-refractivity contribution in [2.45, 2.75) is 18.1 Å². The standard InChI is InChI=1S/C7H13NO4.ClH/c1-12-6(10)7(11)4-8-3-2-5(7)9;/h5,8-9,11H,2-4H2,1H3;1H/t5-,7+;/m0./s1. The normalized spacial score (nSPS) is 33.3. The van der Waals surface area contributed by atoms with E-state index in [1.807, 2.05) is 0 Å². The van der Waals surface area contributed by atoms with Crippen molar-refractivity contribution in [3.8, 4) is 0 Å². The quantitative estimate of drug-likeness (QED) is 0.469. The summed E-state index contributed by atoms with van der Waals surface area (Å²) < 4.78 is 4.37. The molecule has 1 rings (SSSR count). The van der Waals surface area contributed by atoms with E-state index in [9.17, 15) is 15.0 Å². The van der Waals surface area contributed by atoms with Gasteiger partial charge in [0.1, 0.15) is 0 Å². The monoisotopic (exact) mass is 211 g/mol. The van der Waals surface area contributed by atoms with E-state index in [-0.39, 0.29) is 19.0 Å². The molecule has 1 fully saturated rings. The van der Waals surface area contributed by atoms with E-state index >= 15 is 0 Å². The number of piperidine rings is 1. The molecule has 3 N–H and O–H groups in total. The average molecular weight is 212 g/mol. The molecule has 0 bridgehead atoms. The van der Waals surface area contributed by atoms with Crippen molar-refractivity contribution in [3.63, 3.8) is 0 Å². The highest BCUT2D eigenvalue weighted by atomic mass is 35.5. The molecular formula is C7H14ClNO4. The maximum absolute atomic E-state index is 11.0. The van der Waals surface area contributed by atoms with Crippen molar-refractivity contribution in [3.05, 3.63) is 0 Å². The second-order valence-electron chi connectivity index (χ2n) is 2.90. The SMILES string of the molecule is COC(=O)[C@@]1(O)CNCC[C@@H]1O.Cl. The van der Waals surface area contributed by atoms with Crippen molar-refractivity contribution in [1.82, 2.24) is 5.32 Å². The van der Waals surface area contributed by atoms with E-state index in [1.165, 1.54) is 7.11 Å². The van der Waals surface area contributed by atoms with Gasteiger partial charge in [-0.15, -0.1) is 12.4 Å². The van der Waals surface area contributed by atoms with Crippen LogP contribution < -0.4 is 5.32 Å². The first kappa shape index (κ1) is 12.6. The van der Waals surface area contributed by atoms with Crippen molar-refractivity contribution < 1.29 is 19.7 Å². The molecule has 1 saturated heterocycles. The van der Waals surface area contributed by atoms with Gasteiger partial charge in [0.15, 0.2) is 0 Å². The lowest BCUT2D eigenvalue weighted by Gasteiger charge is -2.34. The summed E-state index contributed by atoms with van der Waals surface area (Å²) in [5.41, 5.74) is -1.77. The predicted molar refractivity (Wildman–Crippen MR) is 47.7 cm³/mol. The van der Waals surface area contributed by atoms with Gasteiger partial charge in [0.2, 0.25) is 5.60 Å². The van der Waals surface area contributed by atoms with E-state index in [4.69, 9.17) is 0 Å². The number of hydrogen-bond acceptors (Lipinski definition) is 5. The van der Waals surface area contributed by atoms with Gasteiger partial charge in [-0.3, -0.25) is 0 Å². The van der Waals surface area contributed by atoms with E-state index in [1.54, 1.807) is 0 Å². The number of aliphatic hydroxyl groups is 2.